The molecule has 1 aromatic heterocycles. The van der Waals surface area contributed by atoms with E-state index in [9.17, 15) is 4.79 Å². The Bertz CT molecular complexity index is 1220. The van der Waals surface area contributed by atoms with E-state index < -0.39 is 0 Å². The molecule has 0 atom stereocenters. The third kappa shape index (κ3) is 3.94. The first-order chi connectivity index (χ1) is 13.4. The second-order valence-electron chi connectivity index (χ2n) is 6.24. The first-order valence-corrected chi connectivity index (χ1v) is 10.6. The summed E-state index contributed by atoms with van der Waals surface area (Å²) in [6, 6.07) is 16.6. The molecule has 0 aliphatic rings. The predicted octanol–water partition coefficient (Wildman–Crippen LogP) is 7.08. The Hall–Kier alpha value is -1.90. The van der Waals surface area contributed by atoms with Gasteiger partial charge in [-0.25, -0.2) is 4.98 Å². The number of nitrogens with one attached hydrogen (secondary N) is 1. The van der Waals surface area contributed by atoms with Gasteiger partial charge in [0.05, 0.1) is 5.56 Å². The van der Waals surface area contributed by atoms with Crippen LogP contribution in [0.1, 0.15) is 15.9 Å². The Balaban J connectivity index is 1.63. The highest BCUT2D eigenvalue weighted by Crippen LogP contribution is 2.32. The predicted molar refractivity (Wildman–Crippen MR) is 124 cm³/mol. The fraction of sp³-hybridized carbons (Fsp3) is 0.0476. The van der Waals surface area contributed by atoms with E-state index in [1.807, 2.05) is 31.2 Å². The summed E-state index contributed by atoms with van der Waals surface area (Å²) >= 11 is 11.9. The monoisotopic (exact) mass is 566 g/mol. The molecule has 0 aliphatic heterocycles. The second-order valence-corrected chi connectivity index (χ2v) is 8.75. The first kappa shape index (κ1) is 19.4. The van der Waals surface area contributed by atoms with Gasteiger partial charge in [0.25, 0.3) is 5.91 Å². The highest BCUT2D eigenvalue weighted by Gasteiger charge is 2.14. The molecule has 0 radical (unpaired) electrons. The van der Waals surface area contributed by atoms with E-state index in [4.69, 9.17) is 16.0 Å². The summed E-state index contributed by atoms with van der Waals surface area (Å²) in [5, 5.41) is 3.44. The molecule has 1 heterocycles. The average molecular weight is 568 g/mol. The van der Waals surface area contributed by atoms with E-state index in [2.05, 4.69) is 48.8 Å². The van der Waals surface area contributed by atoms with Gasteiger partial charge in [0.2, 0.25) is 5.89 Å². The molecular weight excluding hydrogens is 555 g/mol. The van der Waals surface area contributed by atoms with Crippen LogP contribution in [0.4, 0.5) is 5.69 Å². The van der Waals surface area contributed by atoms with Crippen LogP contribution in [0.3, 0.4) is 0 Å². The second kappa shape index (κ2) is 7.85. The van der Waals surface area contributed by atoms with E-state index in [1.54, 1.807) is 30.3 Å². The van der Waals surface area contributed by atoms with E-state index in [-0.39, 0.29) is 5.91 Å². The molecule has 4 rings (SSSR count). The SMILES string of the molecule is Cc1ccc(C(=O)Nc2ccc3oc(-c4cc(I)ccc4Br)nc3c2)cc1Cl. The Morgan fingerprint density at radius 3 is 2.75 bits per heavy atom. The van der Waals surface area contributed by atoms with Gasteiger partial charge in [-0.3, -0.25) is 4.79 Å². The Morgan fingerprint density at radius 1 is 1.14 bits per heavy atom. The molecular formula is C21H13BrClIN2O2. The Labute approximate surface area is 188 Å². The minimum absolute atomic E-state index is 0.231. The van der Waals surface area contributed by atoms with Crippen LogP contribution in [0.15, 0.2) is 63.5 Å². The fourth-order valence-corrected chi connectivity index (χ4v) is 3.81. The third-order valence-corrected chi connectivity index (χ3v) is 6.01. The van der Waals surface area contributed by atoms with Gasteiger partial charge in [-0.2, -0.15) is 0 Å². The first-order valence-electron chi connectivity index (χ1n) is 8.34. The number of carbonyl (C=O) groups excluding carboxylic acids is 1. The summed E-state index contributed by atoms with van der Waals surface area (Å²) in [5.74, 6) is 0.291. The molecule has 0 saturated carbocycles. The van der Waals surface area contributed by atoms with Crippen LogP contribution >= 0.6 is 50.1 Å². The van der Waals surface area contributed by atoms with Crippen LogP contribution < -0.4 is 5.32 Å². The molecule has 1 amide bonds. The molecule has 0 saturated heterocycles. The number of aryl methyl sites for hydroxylation is 1. The van der Waals surface area contributed by atoms with Crippen molar-refractivity contribution >= 4 is 72.8 Å². The maximum atomic E-state index is 12.5. The summed E-state index contributed by atoms with van der Waals surface area (Å²) in [7, 11) is 0. The molecule has 0 bridgehead atoms. The lowest BCUT2D eigenvalue weighted by Gasteiger charge is -2.06. The minimum atomic E-state index is -0.231. The van der Waals surface area contributed by atoms with Gasteiger partial charge in [0, 0.05) is 24.3 Å². The zero-order chi connectivity index (χ0) is 19.8. The van der Waals surface area contributed by atoms with Crippen molar-refractivity contribution in [3.05, 3.63) is 78.8 Å². The number of hydrogen-bond donors (Lipinski definition) is 1. The molecule has 7 heteroatoms. The lowest BCUT2D eigenvalue weighted by Crippen LogP contribution is -2.11. The summed E-state index contributed by atoms with van der Waals surface area (Å²) in [6.07, 6.45) is 0. The average Bonchev–Trinajstić information content (AvgIpc) is 3.09. The standard InChI is InChI=1S/C21H13BrClIN2O2/c1-11-2-3-12(8-17(11)23)20(27)25-14-5-7-19-18(10-14)26-21(28-19)15-9-13(24)4-6-16(15)22/h2-10H,1H3,(H,25,27). The van der Waals surface area contributed by atoms with Crippen molar-refractivity contribution in [3.63, 3.8) is 0 Å². The van der Waals surface area contributed by atoms with Crippen molar-refractivity contribution in [2.75, 3.05) is 5.32 Å². The Morgan fingerprint density at radius 2 is 1.96 bits per heavy atom. The number of carbonyl (C=O) groups is 1. The van der Waals surface area contributed by atoms with Gasteiger partial charge in [0.1, 0.15) is 5.52 Å². The third-order valence-electron chi connectivity index (χ3n) is 4.24. The van der Waals surface area contributed by atoms with Crippen LogP contribution in [-0.2, 0) is 0 Å². The van der Waals surface area contributed by atoms with E-state index in [1.165, 1.54) is 0 Å². The van der Waals surface area contributed by atoms with Crippen molar-refractivity contribution in [1.82, 2.24) is 4.98 Å². The summed E-state index contributed by atoms with van der Waals surface area (Å²) in [4.78, 5) is 17.1. The summed E-state index contributed by atoms with van der Waals surface area (Å²) in [6.45, 7) is 1.90. The molecule has 0 unspecified atom stereocenters. The fourth-order valence-electron chi connectivity index (χ4n) is 2.72. The van der Waals surface area contributed by atoms with Crippen LogP contribution in [0.5, 0.6) is 0 Å². The van der Waals surface area contributed by atoms with Crippen LogP contribution in [-0.4, -0.2) is 10.9 Å². The van der Waals surface area contributed by atoms with Crippen molar-refractivity contribution in [3.8, 4) is 11.5 Å². The maximum absolute atomic E-state index is 12.5. The van der Waals surface area contributed by atoms with Gasteiger partial charge in [-0.1, -0.05) is 17.7 Å². The number of oxazole rings is 1. The highest BCUT2D eigenvalue weighted by molar-refractivity contribution is 14.1. The van der Waals surface area contributed by atoms with Gasteiger partial charge in [-0.05, 0) is 99.5 Å². The van der Waals surface area contributed by atoms with E-state index in [0.717, 1.165) is 19.2 Å². The number of anilines is 1. The number of aromatic nitrogens is 1. The molecule has 0 aliphatic carbocycles. The molecule has 0 spiro atoms. The van der Waals surface area contributed by atoms with Crippen molar-refractivity contribution in [1.29, 1.82) is 0 Å². The molecule has 4 nitrogen and oxygen atoms in total. The summed E-state index contributed by atoms with van der Waals surface area (Å²) in [5.41, 5.74) is 4.26. The maximum Gasteiger partial charge on any atom is 0.255 e. The number of nitrogens with zero attached hydrogens (tertiary/aromatic N) is 1. The van der Waals surface area contributed by atoms with Gasteiger partial charge >= 0.3 is 0 Å². The summed E-state index contributed by atoms with van der Waals surface area (Å²) < 4.78 is 7.88. The molecule has 3 aromatic carbocycles. The van der Waals surface area contributed by atoms with Crippen LogP contribution in [0.2, 0.25) is 5.02 Å². The highest BCUT2D eigenvalue weighted by atomic mass is 127. The van der Waals surface area contributed by atoms with Gasteiger partial charge < -0.3 is 9.73 Å². The van der Waals surface area contributed by atoms with Gasteiger partial charge in [-0.15, -0.1) is 0 Å². The topological polar surface area (TPSA) is 55.1 Å². The van der Waals surface area contributed by atoms with Crippen LogP contribution in [0.25, 0.3) is 22.6 Å². The normalized spacial score (nSPS) is 11.0. The zero-order valence-electron chi connectivity index (χ0n) is 14.6. The molecule has 0 fully saturated rings. The number of benzene rings is 3. The number of hydrogen-bond acceptors (Lipinski definition) is 3. The van der Waals surface area contributed by atoms with Crippen molar-refractivity contribution in [2.24, 2.45) is 0 Å². The molecule has 140 valence electrons. The molecule has 1 N–H and O–H groups in total. The lowest BCUT2D eigenvalue weighted by atomic mass is 10.1. The number of amides is 1. The van der Waals surface area contributed by atoms with Crippen molar-refractivity contribution < 1.29 is 9.21 Å². The smallest absolute Gasteiger partial charge is 0.255 e. The molecule has 28 heavy (non-hydrogen) atoms. The molecule has 4 aromatic rings. The number of rotatable bonds is 3. The zero-order valence-corrected chi connectivity index (χ0v) is 19.1. The number of fused-ring (bicyclic) bond motifs is 1. The minimum Gasteiger partial charge on any atom is -0.436 e. The quantitative estimate of drug-likeness (QED) is 0.269. The van der Waals surface area contributed by atoms with Crippen molar-refractivity contribution in [2.45, 2.75) is 6.92 Å². The largest absolute Gasteiger partial charge is 0.436 e. The Kier molecular flexibility index (Phi) is 5.44. The van der Waals surface area contributed by atoms with Gasteiger partial charge in [0.15, 0.2) is 5.58 Å². The van der Waals surface area contributed by atoms with Crippen LogP contribution in [0, 0.1) is 10.5 Å². The number of halogens is 3. The lowest BCUT2D eigenvalue weighted by molar-refractivity contribution is 0.102. The van der Waals surface area contributed by atoms with E-state index in [0.29, 0.717) is 33.3 Å². The van der Waals surface area contributed by atoms with E-state index >= 15 is 0 Å².